The summed E-state index contributed by atoms with van der Waals surface area (Å²) in [6.45, 7) is 2.14. The first-order chi connectivity index (χ1) is 6.79. The van der Waals surface area contributed by atoms with Gasteiger partial charge in [0.05, 0.1) is 0 Å². The highest BCUT2D eigenvalue weighted by Crippen LogP contribution is 2.26. The van der Waals surface area contributed by atoms with Gasteiger partial charge in [-0.15, -0.1) is 10.2 Å². The Morgan fingerprint density at radius 2 is 1.93 bits per heavy atom. The van der Waals surface area contributed by atoms with Gasteiger partial charge in [0.1, 0.15) is 5.01 Å². The van der Waals surface area contributed by atoms with Crippen LogP contribution in [0.15, 0.2) is 24.3 Å². The first-order valence-electron chi connectivity index (χ1n) is 4.38. The molecule has 0 fully saturated rings. The standard InChI is InChI=1S/C10H9ClN2S/c1-2-7-3-5-8(6-4-7)9-12-13-10(11)14-9/h3-6H,2H2,1H3. The maximum Gasteiger partial charge on any atom is 0.207 e. The van der Waals surface area contributed by atoms with Crippen LogP contribution in [0.5, 0.6) is 0 Å². The van der Waals surface area contributed by atoms with Crippen molar-refractivity contribution in [2.75, 3.05) is 0 Å². The first kappa shape index (κ1) is 9.62. The van der Waals surface area contributed by atoms with Crippen molar-refractivity contribution in [1.29, 1.82) is 0 Å². The Hall–Kier alpha value is -0.930. The SMILES string of the molecule is CCc1ccc(-c2nnc(Cl)s2)cc1. The molecule has 1 aromatic heterocycles. The van der Waals surface area contributed by atoms with Gasteiger partial charge in [0.2, 0.25) is 4.47 Å². The van der Waals surface area contributed by atoms with Crippen LogP contribution in [0.4, 0.5) is 0 Å². The van der Waals surface area contributed by atoms with Gasteiger partial charge < -0.3 is 0 Å². The van der Waals surface area contributed by atoms with Gasteiger partial charge in [-0.2, -0.15) is 0 Å². The van der Waals surface area contributed by atoms with Crippen LogP contribution >= 0.6 is 22.9 Å². The highest BCUT2D eigenvalue weighted by Gasteiger charge is 2.03. The number of benzene rings is 1. The molecule has 1 heterocycles. The predicted molar refractivity (Wildman–Crippen MR) is 59.7 cm³/mol. The molecule has 0 atom stereocenters. The molecule has 2 rings (SSSR count). The van der Waals surface area contributed by atoms with Gasteiger partial charge in [0.25, 0.3) is 0 Å². The number of rotatable bonds is 2. The van der Waals surface area contributed by atoms with E-state index in [0.29, 0.717) is 4.47 Å². The third-order valence-corrected chi connectivity index (χ3v) is 3.08. The van der Waals surface area contributed by atoms with Gasteiger partial charge in [0.15, 0.2) is 0 Å². The number of aryl methyl sites for hydroxylation is 1. The van der Waals surface area contributed by atoms with Gasteiger partial charge in [-0.3, -0.25) is 0 Å². The van der Waals surface area contributed by atoms with Crippen molar-refractivity contribution >= 4 is 22.9 Å². The molecule has 0 N–H and O–H groups in total. The van der Waals surface area contributed by atoms with E-state index in [1.165, 1.54) is 16.9 Å². The Morgan fingerprint density at radius 1 is 1.21 bits per heavy atom. The molecule has 0 aliphatic carbocycles. The molecule has 0 amide bonds. The van der Waals surface area contributed by atoms with E-state index in [4.69, 9.17) is 11.6 Å². The van der Waals surface area contributed by atoms with Crippen molar-refractivity contribution in [3.8, 4) is 10.6 Å². The number of nitrogens with zero attached hydrogens (tertiary/aromatic N) is 2. The van der Waals surface area contributed by atoms with Crippen molar-refractivity contribution in [2.45, 2.75) is 13.3 Å². The van der Waals surface area contributed by atoms with Crippen molar-refractivity contribution in [1.82, 2.24) is 10.2 Å². The minimum absolute atomic E-state index is 0.486. The zero-order chi connectivity index (χ0) is 9.97. The number of hydrogen-bond donors (Lipinski definition) is 0. The maximum atomic E-state index is 5.71. The Labute approximate surface area is 91.6 Å². The monoisotopic (exact) mass is 224 g/mol. The fourth-order valence-corrected chi connectivity index (χ4v) is 2.04. The summed E-state index contributed by atoms with van der Waals surface area (Å²) in [7, 11) is 0. The summed E-state index contributed by atoms with van der Waals surface area (Å²) >= 11 is 7.11. The molecular weight excluding hydrogens is 216 g/mol. The van der Waals surface area contributed by atoms with Crippen LogP contribution in [-0.4, -0.2) is 10.2 Å². The number of hydrogen-bond acceptors (Lipinski definition) is 3. The summed E-state index contributed by atoms with van der Waals surface area (Å²) in [4.78, 5) is 0. The first-order valence-corrected chi connectivity index (χ1v) is 5.57. The largest absolute Gasteiger partial charge is 0.207 e. The fraction of sp³-hybridized carbons (Fsp3) is 0.200. The highest BCUT2D eigenvalue weighted by molar-refractivity contribution is 7.18. The molecule has 0 aliphatic heterocycles. The summed E-state index contributed by atoms with van der Waals surface area (Å²) < 4.78 is 0.486. The Kier molecular flexibility index (Phi) is 2.79. The minimum Gasteiger partial charge on any atom is -0.137 e. The van der Waals surface area contributed by atoms with Gasteiger partial charge >= 0.3 is 0 Å². The van der Waals surface area contributed by atoms with Crippen LogP contribution in [0, 0.1) is 0 Å². The lowest BCUT2D eigenvalue weighted by Crippen LogP contribution is -1.80. The normalized spacial score (nSPS) is 10.4. The zero-order valence-corrected chi connectivity index (χ0v) is 9.27. The van der Waals surface area contributed by atoms with Gasteiger partial charge in [-0.1, -0.05) is 42.5 Å². The lowest BCUT2D eigenvalue weighted by molar-refractivity contribution is 1.09. The van der Waals surface area contributed by atoms with E-state index in [2.05, 4.69) is 41.4 Å². The molecule has 0 saturated heterocycles. The van der Waals surface area contributed by atoms with E-state index in [1.807, 2.05) is 0 Å². The predicted octanol–water partition coefficient (Wildman–Crippen LogP) is 3.42. The van der Waals surface area contributed by atoms with Gasteiger partial charge in [0, 0.05) is 5.56 Å². The second-order valence-electron chi connectivity index (χ2n) is 2.91. The van der Waals surface area contributed by atoms with Crippen LogP contribution in [0.25, 0.3) is 10.6 Å². The van der Waals surface area contributed by atoms with E-state index in [1.54, 1.807) is 0 Å². The summed E-state index contributed by atoms with van der Waals surface area (Å²) in [6, 6.07) is 8.31. The molecule has 2 aromatic rings. The molecule has 0 saturated carbocycles. The minimum atomic E-state index is 0.486. The van der Waals surface area contributed by atoms with E-state index in [9.17, 15) is 0 Å². The highest BCUT2D eigenvalue weighted by atomic mass is 35.5. The van der Waals surface area contributed by atoms with Crippen LogP contribution in [-0.2, 0) is 6.42 Å². The lowest BCUT2D eigenvalue weighted by atomic mass is 10.1. The Morgan fingerprint density at radius 3 is 2.43 bits per heavy atom. The molecule has 72 valence electrons. The van der Waals surface area contributed by atoms with E-state index < -0.39 is 0 Å². The summed E-state index contributed by atoms with van der Waals surface area (Å²) in [6.07, 6.45) is 1.05. The van der Waals surface area contributed by atoms with E-state index in [-0.39, 0.29) is 0 Å². The third kappa shape index (κ3) is 1.94. The maximum absolute atomic E-state index is 5.71. The number of halogens is 1. The van der Waals surface area contributed by atoms with Crippen molar-refractivity contribution in [2.24, 2.45) is 0 Å². The molecule has 0 unspecified atom stereocenters. The second kappa shape index (κ2) is 4.07. The second-order valence-corrected chi connectivity index (χ2v) is 4.47. The third-order valence-electron chi connectivity index (χ3n) is 2.01. The molecular formula is C10H9ClN2S. The zero-order valence-electron chi connectivity index (χ0n) is 7.70. The summed E-state index contributed by atoms with van der Waals surface area (Å²) in [5.41, 5.74) is 2.40. The van der Waals surface area contributed by atoms with Crippen LogP contribution in [0.2, 0.25) is 4.47 Å². The molecule has 0 bridgehead atoms. The van der Waals surface area contributed by atoms with E-state index >= 15 is 0 Å². The molecule has 0 spiro atoms. The summed E-state index contributed by atoms with van der Waals surface area (Å²) in [5.74, 6) is 0. The average Bonchev–Trinajstić information content (AvgIpc) is 2.65. The topological polar surface area (TPSA) is 25.8 Å². The molecule has 4 heteroatoms. The van der Waals surface area contributed by atoms with E-state index in [0.717, 1.165) is 17.0 Å². The molecule has 14 heavy (non-hydrogen) atoms. The van der Waals surface area contributed by atoms with Crippen LogP contribution in [0.1, 0.15) is 12.5 Å². The lowest BCUT2D eigenvalue weighted by Gasteiger charge is -1.97. The van der Waals surface area contributed by atoms with Crippen molar-refractivity contribution in [3.05, 3.63) is 34.3 Å². The van der Waals surface area contributed by atoms with Gasteiger partial charge in [-0.25, -0.2) is 0 Å². The Balaban J connectivity index is 2.33. The van der Waals surface area contributed by atoms with Crippen molar-refractivity contribution < 1.29 is 0 Å². The molecule has 1 aromatic carbocycles. The van der Waals surface area contributed by atoms with Crippen LogP contribution in [0.3, 0.4) is 0 Å². The smallest absolute Gasteiger partial charge is 0.137 e. The van der Waals surface area contributed by atoms with Crippen molar-refractivity contribution in [3.63, 3.8) is 0 Å². The fourth-order valence-electron chi connectivity index (χ4n) is 1.21. The summed E-state index contributed by atoms with van der Waals surface area (Å²) in [5, 5.41) is 8.62. The molecule has 2 nitrogen and oxygen atoms in total. The average molecular weight is 225 g/mol. The van der Waals surface area contributed by atoms with Crippen LogP contribution < -0.4 is 0 Å². The van der Waals surface area contributed by atoms with Gasteiger partial charge in [-0.05, 0) is 23.6 Å². The molecule has 0 aliphatic rings. The number of aromatic nitrogens is 2. The molecule has 0 radical (unpaired) electrons. The quantitative estimate of drug-likeness (QED) is 0.781. The Bertz CT molecular complexity index is 422.